The second-order valence-corrected chi connectivity index (χ2v) is 7.92. The summed E-state index contributed by atoms with van der Waals surface area (Å²) in [5.41, 5.74) is 0.987. The van der Waals surface area contributed by atoms with E-state index in [0.717, 1.165) is 5.56 Å². The van der Waals surface area contributed by atoms with E-state index in [0.29, 0.717) is 44.6 Å². The standard InChI is InChI=1S/C22H24N4O3/c27-19-10-17(12-24-19)13-25-21(29)22(11-16-4-2-1-3-5-16)14-26(15-22)20(28)18-6-8-23-9-7-18/h1-9,17H,10-15H2,(H,24,27)(H,25,29). The zero-order valence-corrected chi connectivity index (χ0v) is 16.1. The van der Waals surface area contributed by atoms with Crippen LogP contribution >= 0.6 is 0 Å². The topological polar surface area (TPSA) is 91.4 Å². The Morgan fingerprint density at radius 1 is 1.14 bits per heavy atom. The third-order valence-electron chi connectivity index (χ3n) is 5.68. The lowest BCUT2D eigenvalue weighted by Gasteiger charge is -2.49. The predicted octanol–water partition coefficient (Wildman–Crippen LogP) is 1.02. The molecule has 2 aromatic rings. The number of nitrogens with zero attached hydrogens (tertiary/aromatic N) is 2. The fourth-order valence-electron chi connectivity index (χ4n) is 4.06. The molecule has 3 amide bonds. The number of hydrogen-bond donors (Lipinski definition) is 2. The van der Waals surface area contributed by atoms with Gasteiger partial charge in [-0.3, -0.25) is 19.4 Å². The van der Waals surface area contributed by atoms with Crippen LogP contribution in [0.2, 0.25) is 0 Å². The number of nitrogens with one attached hydrogen (secondary N) is 2. The number of aromatic nitrogens is 1. The zero-order valence-electron chi connectivity index (χ0n) is 16.1. The normalized spacial score (nSPS) is 19.9. The molecular weight excluding hydrogens is 368 g/mol. The second-order valence-electron chi connectivity index (χ2n) is 7.92. The van der Waals surface area contributed by atoms with Crippen molar-refractivity contribution in [2.75, 3.05) is 26.2 Å². The van der Waals surface area contributed by atoms with E-state index < -0.39 is 5.41 Å². The third-order valence-corrected chi connectivity index (χ3v) is 5.68. The van der Waals surface area contributed by atoms with Gasteiger partial charge in [-0.1, -0.05) is 30.3 Å². The van der Waals surface area contributed by atoms with Gasteiger partial charge < -0.3 is 15.5 Å². The molecule has 0 spiro atoms. The van der Waals surface area contributed by atoms with Crippen LogP contribution in [-0.2, 0) is 16.0 Å². The first-order valence-electron chi connectivity index (χ1n) is 9.84. The Morgan fingerprint density at radius 2 is 1.86 bits per heavy atom. The smallest absolute Gasteiger partial charge is 0.254 e. The van der Waals surface area contributed by atoms with E-state index in [9.17, 15) is 14.4 Å². The number of rotatable bonds is 6. The largest absolute Gasteiger partial charge is 0.356 e. The second kappa shape index (κ2) is 8.03. The summed E-state index contributed by atoms with van der Waals surface area (Å²) in [4.78, 5) is 42.9. The van der Waals surface area contributed by atoms with E-state index in [2.05, 4.69) is 15.6 Å². The first-order valence-corrected chi connectivity index (χ1v) is 9.84. The molecule has 2 saturated heterocycles. The van der Waals surface area contributed by atoms with Crippen LogP contribution in [0.5, 0.6) is 0 Å². The first-order chi connectivity index (χ1) is 14.1. The van der Waals surface area contributed by atoms with Gasteiger partial charge in [-0.15, -0.1) is 0 Å². The molecule has 2 aliphatic rings. The molecule has 1 unspecified atom stereocenters. The van der Waals surface area contributed by atoms with Gasteiger partial charge in [0.2, 0.25) is 11.8 Å². The molecule has 0 radical (unpaired) electrons. The van der Waals surface area contributed by atoms with Crippen molar-refractivity contribution in [2.24, 2.45) is 11.3 Å². The minimum atomic E-state index is -0.653. The summed E-state index contributed by atoms with van der Waals surface area (Å²) >= 11 is 0. The highest BCUT2D eigenvalue weighted by atomic mass is 16.2. The number of pyridine rings is 1. The predicted molar refractivity (Wildman–Crippen MR) is 107 cm³/mol. The van der Waals surface area contributed by atoms with Crippen LogP contribution in [0.4, 0.5) is 0 Å². The van der Waals surface area contributed by atoms with Gasteiger partial charge in [0, 0.05) is 56.5 Å². The maximum absolute atomic E-state index is 13.1. The fraction of sp³-hybridized carbons (Fsp3) is 0.364. The molecule has 1 atom stereocenters. The Kier molecular flexibility index (Phi) is 5.29. The molecule has 2 fully saturated rings. The molecule has 4 rings (SSSR count). The van der Waals surface area contributed by atoms with Gasteiger partial charge in [0.25, 0.3) is 5.91 Å². The molecule has 0 aliphatic carbocycles. The lowest BCUT2D eigenvalue weighted by Crippen LogP contribution is -2.65. The number of hydrogen-bond acceptors (Lipinski definition) is 4. The quantitative estimate of drug-likeness (QED) is 0.768. The molecule has 1 aromatic carbocycles. The Labute approximate surface area is 169 Å². The molecule has 2 N–H and O–H groups in total. The van der Waals surface area contributed by atoms with Crippen molar-refractivity contribution >= 4 is 17.7 Å². The van der Waals surface area contributed by atoms with Crippen LogP contribution in [0.1, 0.15) is 22.3 Å². The van der Waals surface area contributed by atoms with Crippen LogP contribution in [0.3, 0.4) is 0 Å². The van der Waals surface area contributed by atoms with Crippen LogP contribution in [0.15, 0.2) is 54.9 Å². The van der Waals surface area contributed by atoms with E-state index in [1.807, 2.05) is 30.3 Å². The van der Waals surface area contributed by atoms with E-state index >= 15 is 0 Å². The molecule has 7 heteroatoms. The summed E-state index contributed by atoms with van der Waals surface area (Å²) in [5, 5.41) is 5.82. The van der Waals surface area contributed by atoms with Gasteiger partial charge in [-0.2, -0.15) is 0 Å². The van der Waals surface area contributed by atoms with Crippen LogP contribution in [0, 0.1) is 11.3 Å². The Bertz CT molecular complexity index is 895. The van der Waals surface area contributed by atoms with Crippen molar-refractivity contribution in [1.82, 2.24) is 20.5 Å². The van der Waals surface area contributed by atoms with E-state index in [-0.39, 0.29) is 23.6 Å². The van der Waals surface area contributed by atoms with Crippen LogP contribution < -0.4 is 10.6 Å². The Balaban J connectivity index is 1.45. The van der Waals surface area contributed by atoms with E-state index in [1.54, 1.807) is 29.4 Å². The fourth-order valence-corrected chi connectivity index (χ4v) is 4.06. The van der Waals surface area contributed by atoms with Crippen molar-refractivity contribution in [3.63, 3.8) is 0 Å². The van der Waals surface area contributed by atoms with Crippen LogP contribution in [0.25, 0.3) is 0 Å². The van der Waals surface area contributed by atoms with Crippen LogP contribution in [-0.4, -0.2) is 53.8 Å². The number of carbonyl (C=O) groups is 3. The van der Waals surface area contributed by atoms with Crippen molar-refractivity contribution < 1.29 is 14.4 Å². The average molecular weight is 392 g/mol. The summed E-state index contributed by atoms with van der Waals surface area (Å²) in [6.45, 7) is 1.80. The monoisotopic (exact) mass is 392 g/mol. The van der Waals surface area contributed by atoms with Crippen molar-refractivity contribution in [2.45, 2.75) is 12.8 Å². The SMILES string of the molecule is O=C1CC(CNC(=O)C2(Cc3ccccc3)CN(C(=O)c3ccncc3)C2)CN1. The minimum Gasteiger partial charge on any atom is -0.356 e. The summed E-state index contributed by atoms with van der Waals surface area (Å²) < 4.78 is 0. The highest BCUT2D eigenvalue weighted by Gasteiger charge is 2.51. The number of amides is 3. The number of likely N-dealkylation sites (tertiary alicyclic amines) is 1. The summed E-state index contributed by atoms with van der Waals surface area (Å²) in [6, 6.07) is 13.2. The van der Waals surface area contributed by atoms with Gasteiger partial charge in [0.05, 0.1) is 5.41 Å². The van der Waals surface area contributed by atoms with Gasteiger partial charge in [0.1, 0.15) is 0 Å². The third kappa shape index (κ3) is 4.13. The molecule has 3 heterocycles. The first kappa shape index (κ1) is 19.1. The molecule has 0 bridgehead atoms. The highest BCUT2D eigenvalue weighted by Crippen LogP contribution is 2.35. The Morgan fingerprint density at radius 3 is 2.52 bits per heavy atom. The molecule has 7 nitrogen and oxygen atoms in total. The summed E-state index contributed by atoms with van der Waals surface area (Å²) in [6.07, 6.45) is 4.20. The number of carbonyl (C=O) groups excluding carboxylic acids is 3. The van der Waals surface area contributed by atoms with Crippen molar-refractivity contribution in [3.05, 3.63) is 66.0 Å². The number of benzene rings is 1. The molecule has 2 aliphatic heterocycles. The van der Waals surface area contributed by atoms with Gasteiger partial charge in [0.15, 0.2) is 0 Å². The minimum absolute atomic E-state index is 0.0287. The van der Waals surface area contributed by atoms with Gasteiger partial charge in [-0.05, 0) is 24.1 Å². The van der Waals surface area contributed by atoms with E-state index in [4.69, 9.17) is 0 Å². The average Bonchev–Trinajstić information content (AvgIpc) is 3.14. The Hall–Kier alpha value is -3.22. The summed E-state index contributed by atoms with van der Waals surface area (Å²) in [5.74, 6) is 0.00447. The summed E-state index contributed by atoms with van der Waals surface area (Å²) in [7, 11) is 0. The van der Waals surface area contributed by atoms with Crippen molar-refractivity contribution in [3.8, 4) is 0 Å². The van der Waals surface area contributed by atoms with Crippen molar-refractivity contribution in [1.29, 1.82) is 0 Å². The molecule has 0 saturated carbocycles. The molecule has 150 valence electrons. The van der Waals surface area contributed by atoms with E-state index in [1.165, 1.54) is 0 Å². The molecule has 29 heavy (non-hydrogen) atoms. The lowest BCUT2D eigenvalue weighted by atomic mass is 9.73. The lowest BCUT2D eigenvalue weighted by molar-refractivity contribution is -0.139. The molecular formula is C22H24N4O3. The zero-order chi connectivity index (χ0) is 20.3. The molecule has 1 aromatic heterocycles. The maximum atomic E-state index is 13.1. The highest BCUT2D eigenvalue weighted by molar-refractivity contribution is 5.97. The van der Waals surface area contributed by atoms with Gasteiger partial charge in [-0.25, -0.2) is 0 Å². The maximum Gasteiger partial charge on any atom is 0.254 e. The van der Waals surface area contributed by atoms with Gasteiger partial charge >= 0.3 is 0 Å².